The summed E-state index contributed by atoms with van der Waals surface area (Å²) in [7, 11) is 0. The first-order chi connectivity index (χ1) is 7.36. The molecule has 0 spiro atoms. The maximum atomic E-state index is 12.9. The van der Waals surface area contributed by atoms with Crippen LogP contribution in [0.15, 0.2) is 22.9 Å². The number of pyridine rings is 1. The lowest BCUT2D eigenvalue weighted by atomic mass is 9.62. The van der Waals surface area contributed by atoms with Crippen molar-refractivity contribution in [2.45, 2.75) is 24.2 Å². The Morgan fingerprint density at radius 3 is 2.44 bits per heavy atom. The van der Waals surface area contributed by atoms with Gasteiger partial charge in [0.15, 0.2) is 0 Å². The second-order valence-corrected chi connectivity index (χ2v) is 4.78. The van der Waals surface area contributed by atoms with E-state index in [1.165, 1.54) is 12.3 Å². The van der Waals surface area contributed by atoms with Gasteiger partial charge in [0.2, 0.25) is 0 Å². The van der Waals surface area contributed by atoms with Gasteiger partial charge in [-0.2, -0.15) is 0 Å². The van der Waals surface area contributed by atoms with Gasteiger partial charge in [0.25, 0.3) is 5.92 Å². The number of rotatable bonds is 2. The lowest BCUT2D eigenvalue weighted by Crippen LogP contribution is -2.54. The van der Waals surface area contributed by atoms with Crippen LogP contribution in [0.3, 0.4) is 0 Å². The molecule has 1 N–H and O–H groups in total. The third-order valence-corrected chi connectivity index (χ3v) is 3.28. The molecule has 0 aliphatic heterocycles. The van der Waals surface area contributed by atoms with Crippen LogP contribution in [-0.2, 0) is 10.2 Å². The fourth-order valence-electron chi connectivity index (χ4n) is 1.97. The highest BCUT2D eigenvalue weighted by Crippen LogP contribution is 2.53. The van der Waals surface area contributed by atoms with E-state index in [-0.39, 0.29) is 0 Å². The van der Waals surface area contributed by atoms with Crippen molar-refractivity contribution in [1.82, 2.24) is 4.98 Å². The quantitative estimate of drug-likeness (QED) is 0.852. The van der Waals surface area contributed by atoms with E-state index in [1.54, 1.807) is 6.07 Å². The molecule has 1 aromatic rings. The number of carboxylic acids is 1. The molecule has 0 atom stereocenters. The Hall–Kier alpha value is -1.04. The maximum absolute atomic E-state index is 12.9. The van der Waals surface area contributed by atoms with Crippen LogP contribution in [0.4, 0.5) is 8.78 Å². The lowest BCUT2D eigenvalue weighted by Gasteiger charge is -2.44. The number of aliphatic carboxylic acids is 1. The van der Waals surface area contributed by atoms with Gasteiger partial charge in [0.1, 0.15) is 10.0 Å². The van der Waals surface area contributed by atoms with E-state index >= 15 is 0 Å². The Morgan fingerprint density at radius 2 is 2.06 bits per heavy atom. The molecule has 1 aliphatic carbocycles. The van der Waals surface area contributed by atoms with Crippen LogP contribution in [-0.4, -0.2) is 22.0 Å². The van der Waals surface area contributed by atoms with Crippen LogP contribution in [0.5, 0.6) is 0 Å². The molecule has 1 aromatic heterocycles. The monoisotopic (exact) mass is 291 g/mol. The second-order valence-electron chi connectivity index (χ2n) is 3.97. The molecule has 0 unspecified atom stereocenters. The zero-order chi connectivity index (χ0) is 12.0. The predicted octanol–water partition coefficient (Wildman–Crippen LogP) is 2.60. The van der Waals surface area contributed by atoms with Crippen molar-refractivity contribution in [2.24, 2.45) is 0 Å². The molecule has 1 heterocycles. The van der Waals surface area contributed by atoms with Crippen molar-refractivity contribution >= 4 is 21.9 Å². The topological polar surface area (TPSA) is 50.2 Å². The van der Waals surface area contributed by atoms with E-state index in [9.17, 15) is 13.6 Å². The molecule has 3 nitrogen and oxygen atoms in total. The van der Waals surface area contributed by atoms with E-state index in [0.29, 0.717) is 10.2 Å². The molecule has 6 heteroatoms. The average molecular weight is 292 g/mol. The van der Waals surface area contributed by atoms with Crippen LogP contribution in [0.2, 0.25) is 0 Å². The molecular weight excluding hydrogens is 284 g/mol. The third kappa shape index (κ3) is 1.71. The number of carboxylic acid groups (broad SMARTS) is 1. The molecule has 0 aromatic carbocycles. The second kappa shape index (κ2) is 3.48. The van der Waals surface area contributed by atoms with Crippen LogP contribution in [0, 0.1) is 0 Å². The summed E-state index contributed by atoms with van der Waals surface area (Å²) >= 11 is 3.10. The van der Waals surface area contributed by atoms with Crippen molar-refractivity contribution in [3.63, 3.8) is 0 Å². The molecule has 0 saturated heterocycles. The van der Waals surface area contributed by atoms with Crippen LogP contribution in [0.1, 0.15) is 18.4 Å². The molecule has 1 saturated carbocycles. The van der Waals surface area contributed by atoms with Gasteiger partial charge < -0.3 is 5.11 Å². The number of halogens is 3. The van der Waals surface area contributed by atoms with Gasteiger partial charge in [-0.25, -0.2) is 13.8 Å². The van der Waals surface area contributed by atoms with Gasteiger partial charge in [0.05, 0.1) is 0 Å². The summed E-state index contributed by atoms with van der Waals surface area (Å²) in [4.78, 5) is 15.0. The Morgan fingerprint density at radius 1 is 1.44 bits per heavy atom. The molecule has 2 rings (SSSR count). The summed E-state index contributed by atoms with van der Waals surface area (Å²) in [6.45, 7) is 0. The van der Waals surface area contributed by atoms with E-state index in [0.717, 1.165) is 0 Å². The highest BCUT2D eigenvalue weighted by molar-refractivity contribution is 9.10. The summed E-state index contributed by atoms with van der Waals surface area (Å²) in [5, 5.41) is 9.07. The molecule has 16 heavy (non-hydrogen) atoms. The minimum absolute atomic E-state index is 0.328. The van der Waals surface area contributed by atoms with Crippen molar-refractivity contribution in [3.8, 4) is 0 Å². The Labute approximate surface area is 98.6 Å². The highest BCUT2D eigenvalue weighted by atomic mass is 79.9. The Balaban J connectivity index is 2.36. The summed E-state index contributed by atoms with van der Waals surface area (Å²) in [5.74, 6) is -4.10. The van der Waals surface area contributed by atoms with E-state index in [4.69, 9.17) is 5.11 Å². The molecule has 1 aliphatic rings. The number of hydrogen-bond donors (Lipinski definition) is 1. The van der Waals surface area contributed by atoms with Crippen LogP contribution >= 0.6 is 15.9 Å². The fraction of sp³-hybridized carbons (Fsp3) is 0.400. The van der Waals surface area contributed by atoms with Gasteiger partial charge in [-0.15, -0.1) is 0 Å². The van der Waals surface area contributed by atoms with Gasteiger partial charge in [-0.1, -0.05) is 6.07 Å². The zero-order valence-corrected chi connectivity index (χ0v) is 9.67. The van der Waals surface area contributed by atoms with Crippen molar-refractivity contribution < 1.29 is 18.7 Å². The van der Waals surface area contributed by atoms with Gasteiger partial charge in [-0.05, 0) is 27.6 Å². The predicted molar refractivity (Wildman–Crippen MR) is 55.4 cm³/mol. The Kier molecular flexibility index (Phi) is 2.49. The minimum atomic E-state index is -2.88. The number of carbonyl (C=O) groups is 1. The number of nitrogens with zero attached hydrogens (tertiary/aromatic N) is 1. The molecule has 86 valence electrons. The number of alkyl halides is 2. The maximum Gasteiger partial charge on any atom is 0.314 e. The van der Waals surface area contributed by atoms with E-state index < -0.39 is 30.1 Å². The summed E-state index contributed by atoms with van der Waals surface area (Å²) in [5.41, 5.74) is -1.15. The molecule has 0 bridgehead atoms. The van der Waals surface area contributed by atoms with E-state index in [1.807, 2.05) is 0 Å². The molecular formula is C10H8BrF2NO2. The van der Waals surface area contributed by atoms with Gasteiger partial charge >= 0.3 is 5.97 Å². The Bertz CT molecular complexity index is 425. The first-order valence-corrected chi connectivity index (χ1v) is 5.38. The van der Waals surface area contributed by atoms with Crippen LogP contribution < -0.4 is 0 Å². The van der Waals surface area contributed by atoms with Crippen molar-refractivity contribution in [3.05, 3.63) is 28.5 Å². The van der Waals surface area contributed by atoms with Crippen molar-refractivity contribution in [1.29, 1.82) is 0 Å². The normalized spacial score (nSPS) is 21.2. The zero-order valence-electron chi connectivity index (χ0n) is 8.08. The SMILES string of the molecule is O=C(O)C1(c2ccc(Br)nc2)CC(F)(F)C1. The van der Waals surface area contributed by atoms with Gasteiger partial charge in [-0.3, -0.25) is 4.79 Å². The number of hydrogen-bond acceptors (Lipinski definition) is 2. The van der Waals surface area contributed by atoms with Gasteiger partial charge in [0, 0.05) is 19.0 Å². The first-order valence-electron chi connectivity index (χ1n) is 4.59. The minimum Gasteiger partial charge on any atom is -0.481 e. The summed E-state index contributed by atoms with van der Waals surface area (Å²) in [6.07, 6.45) is 0.0186. The van der Waals surface area contributed by atoms with E-state index in [2.05, 4.69) is 20.9 Å². The largest absolute Gasteiger partial charge is 0.481 e. The standard InChI is InChI=1S/C10H8BrF2NO2/c11-7-2-1-6(3-14-7)9(8(15)16)4-10(12,13)5-9/h1-3H,4-5H2,(H,15,16). The lowest BCUT2D eigenvalue weighted by molar-refractivity contribution is -0.174. The third-order valence-electron chi connectivity index (χ3n) is 2.81. The number of aromatic nitrogens is 1. The van der Waals surface area contributed by atoms with Crippen LogP contribution in [0.25, 0.3) is 0 Å². The molecule has 1 fully saturated rings. The molecule has 0 amide bonds. The first kappa shape index (κ1) is 11.4. The smallest absolute Gasteiger partial charge is 0.314 e. The van der Waals surface area contributed by atoms with Crippen molar-refractivity contribution in [2.75, 3.05) is 0 Å². The fourth-order valence-corrected chi connectivity index (χ4v) is 2.20. The average Bonchev–Trinajstić information content (AvgIpc) is 2.14. The highest BCUT2D eigenvalue weighted by Gasteiger charge is 2.62. The molecule has 0 radical (unpaired) electrons. The summed E-state index contributed by atoms with van der Waals surface area (Å²) < 4.78 is 26.3. The summed E-state index contributed by atoms with van der Waals surface area (Å²) in [6, 6.07) is 3.07.